The monoisotopic (exact) mass is 297 g/mol. The Bertz CT molecular complexity index is 879. The van der Waals surface area contributed by atoms with Gasteiger partial charge in [-0.2, -0.15) is 0 Å². The number of hydrogen-bond donors (Lipinski definition) is 0. The van der Waals surface area contributed by atoms with Gasteiger partial charge in [-0.1, -0.05) is 12.1 Å². The standard InChI is InChI=1S/C17H12FNO3/c1-20-15-7-13(10-4-2-3-5-12(10)18)19-14-8-17-16(6-11(14)15)21-9-22-17/h2-8H,9H2,1H3. The Morgan fingerprint density at radius 3 is 2.64 bits per heavy atom. The molecule has 4 rings (SSSR count). The minimum Gasteiger partial charge on any atom is -0.496 e. The van der Waals surface area contributed by atoms with Crippen molar-refractivity contribution >= 4 is 10.9 Å². The molecule has 0 saturated heterocycles. The van der Waals surface area contributed by atoms with E-state index in [-0.39, 0.29) is 12.6 Å². The number of hydrogen-bond acceptors (Lipinski definition) is 4. The van der Waals surface area contributed by atoms with Gasteiger partial charge in [-0.3, -0.25) is 0 Å². The first kappa shape index (κ1) is 12.9. The molecule has 5 heteroatoms. The first-order chi connectivity index (χ1) is 10.8. The SMILES string of the molecule is COc1cc(-c2ccccc2F)nc2cc3c(cc12)OCO3. The average molecular weight is 297 g/mol. The number of ether oxygens (including phenoxy) is 3. The lowest BCUT2D eigenvalue weighted by molar-refractivity contribution is 0.174. The quantitative estimate of drug-likeness (QED) is 0.722. The zero-order valence-corrected chi connectivity index (χ0v) is 11.8. The van der Waals surface area contributed by atoms with Gasteiger partial charge in [-0.25, -0.2) is 9.37 Å². The second-order valence-electron chi connectivity index (χ2n) is 4.91. The Morgan fingerprint density at radius 2 is 1.86 bits per heavy atom. The van der Waals surface area contributed by atoms with E-state index in [2.05, 4.69) is 4.98 Å². The maximum absolute atomic E-state index is 14.0. The van der Waals surface area contributed by atoms with Gasteiger partial charge in [0.1, 0.15) is 11.6 Å². The smallest absolute Gasteiger partial charge is 0.231 e. The second kappa shape index (κ2) is 4.87. The minimum atomic E-state index is -0.322. The maximum Gasteiger partial charge on any atom is 0.231 e. The molecule has 0 bridgehead atoms. The molecule has 1 aliphatic heterocycles. The van der Waals surface area contributed by atoms with E-state index >= 15 is 0 Å². The normalized spacial score (nSPS) is 12.6. The molecule has 0 N–H and O–H groups in total. The molecule has 0 radical (unpaired) electrons. The van der Waals surface area contributed by atoms with E-state index in [1.165, 1.54) is 6.07 Å². The predicted octanol–water partition coefficient (Wildman–Crippen LogP) is 3.78. The fraction of sp³-hybridized carbons (Fsp3) is 0.118. The molecule has 110 valence electrons. The molecule has 0 amide bonds. The summed E-state index contributed by atoms with van der Waals surface area (Å²) in [7, 11) is 1.57. The Balaban J connectivity index is 1.98. The topological polar surface area (TPSA) is 40.6 Å². The summed E-state index contributed by atoms with van der Waals surface area (Å²) >= 11 is 0. The summed E-state index contributed by atoms with van der Waals surface area (Å²) in [5.74, 6) is 1.58. The molecule has 1 aromatic heterocycles. The largest absolute Gasteiger partial charge is 0.496 e. The van der Waals surface area contributed by atoms with Crippen LogP contribution < -0.4 is 14.2 Å². The van der Waals surface area contributed by atoms with Crippen LogP contribution in [-0.2, 0) is 0 Å². The molecule has 2 aromatic carbocycles. The maximum atomic E-state index is 14.0. The van der Waals surface area contributed by atoms with Crippen molar-refractivity contribution in [3.63, 3.8) is 0 Å². The van der Waals surface area contributed by atoms with Gasteiger partial charge in [0, 0.05) is 23.1 Å². The van der Waals surface area contributed by atoms with Gasteiger partial charge in [-0.15, -0.1) is 0 Å². The number of aromatic nitrogens is 1. The molecule has 0 spiro atoms. The lowest BCUT2D eigenvalue weighted by Crippen LogP contribution is -1.93. The van der Waals surface area contributed by atoms with Gasteiger partial charge < -0.3 is 14.2 Å². The zero-order chi connectivity index (χ0) is 15.1. The highest BCUT2D eigenvalue weighted by Crippen LogP contribution is 2.40. The van der Waals surface area contributed by atoms with E-state index in [4.69, 9.17) is 14.2 Å². The average Bonchev–Trinajstić information content (AvgIpc) is 2.99. The molecule has 0 fully saturated rings. The first-order valence-electron chi connectivity index (χ1n) is 6.79. The fourth-order valence-electron chi connectivity index (χ4n) is 2.56. The van der Waals surface area contributed by atoms with Crippen LogP contribution >= 0.6 is 0 Å². The number of fused-ring (bicyclic) bond motifs is 2. The molecule has 0 unspecified atom stereocenters. The number of halogens is 1. The molecule has 22 heavy (non-hydrogen) atoms. The van der Waals surface area contributed by atoms with E-state index < -0.39 is 0 Å². The second-order valence-corrected chi connectivity index (χ2v) is 4.91. The molecule has 0 saturated carbocycles. The minimum absolute atomic E-state index is 0.189. The van der Waals surface area contributed by atoms with Crippen molar-refractivity contribution < 1.29 is 18.6 Å². The molecule has 0 atom stereocenters. The lowest BCUT2D eigenvalue weighted by Gasteiger charge is -2.10. The van der Waals surface area contributed by atoms with Gasteiger partial charge in [-0.05, 0) is 18.2 Å². The molecule has 1 aliphatic rings. The van der Waals surface area contributed by atoms with E-state index in [1.54, 1.807) is 37.4 Å². The van der Waals surface area contributed by atoms with Gasteiger partial charge in [0.15, 0.2) is 11.5 Å². The van der Waals surface area contributed by atoms with Crippen molar-refractivity contribution in [3.05, 3.63) is 48.3 Å². The third-order valence-corrected chi connectivity index (χ3v) is 3.63. The Morgan fingerprint density at radius 1 is 1.09 bits per heavy atom. The number of benzene rings is 2. The molecular formula is C17H12FNO3. The summed E-state index contributed by atoms with van der Waals surface area (Å²) in [6.45, 7) is 0.189. The summed E-state index contributed by atoms with van der Waals surface area (Å²) in [6, 6.07) is 11.9. The lowest BCUT2D eigenvalue weighted by atomic mass is 10.1. The van der Waals surface area contributed by atoms with Crippen LogP contribution in [0.1, 0.15) is 0 Å². The highest BCUT2D eigenvalue weighted by Gasteiger charge is 2.18. The van der Waals surface area contributed by atoms with Crippen LogP contribution in [0.25, 0.3) is 22.2 Å². The Kier molecular flexibility index (Phi) is 2.85. The summed E-state index contributed by atoms with van der Waals surface area (Å²) < 4.78 is 30.2. The summed E-state index contributed by atoms with van der Waals surface area (Å²) in [5.41, 5.74) is 1.61. The van der Waals surface area contributed by atoms with Crippen molar-refractivity contribution in [1.82, 2.24) is 4.98 Å². The summed E-state index contributed by atoms with van der Waals surface area (Å²) in [6.07, 6.45) is 0. The van der Waals surface area contributed by atoms with Crippen LogP contribution in [0.3, 0.4) is 0 Å². The Hall–Kier alpha value is -2.82. The van der Waals surface area contributed by atoms with E-state index in [0.717, 1.165) is 5.39 Å². The number of rotatable bonds is 2. The third-order valence-electron chi connectivity index (χ3n) is 3.63. The van der Waals surface area contributed by atoms with Gasteiger partial charge in [0.25, 0.3) is 0 Å². The van der Waals surface area contributed by atoms with E-state index in [1.807, 2.05) is 6.07 Å². The fourth-order valence-corrected chi connectivity index (χ4v) is 2.56. The summed E-state index contributed by atoms with van der Waals surface area (Å²) in [5, 5.41) is 0.798. The van der Waals surface area contributed by atoms with Crippen LogP contribution in [0.15, 0.2) is 42.5 Å². The molecular weight excluding hydrogens is 285 g/mol. The van der Waals surface area contributed by atoms with Gasteiger partial charge >= 0.3 is 0 Å². The summed E-state index contributed by atoms with van der Waals surface area (Å²) in [4.78, 5) is 4.54. The van der Waals surface area contributed by atoms with Crippen molar-refractivity contribution in [2.75, 3.05) is 13.9 Å². The van der Waals surface area contributed by atoms with Crippen LogP contribution in [0, 0.1) is 5.82 Å². The van der Waals surface area contributed by atoms with Gasteiger partial charge in [0.05, 0.1) is 18.3 Å². The molecule has 2 heterocycles. The van der Waals surface area contributed by atoms with Crippen LogP contribution in [0.2, 0.25) is 0 Å². The molecule has 4 nitrogen and oxygen atoms in total. The van der Waals surface area contributed by atoms with Crippen molar-refractivity contribution in [3.8, 4) is 28.5 Å². The zero-order valence-electron chi connectivity index (χ0n) is 11.8. The predicted molar refractivity (Wildman–Crippen MR) is 79.8 cm³/mol. The highest BCUT2D eigenvalue weighted by molar-refractivity contribution is 5.90. The van der Waals surface area contributed by atoms with Crippen molar-refractivity contribution in [1.29, 1.82) is 0 Å². The number of nitrogens with zero attached hydrogens (tertiary/aromatic N) is 1. The third kappa shape index (κ3) is 1.94. The van der Waals surface area contributed by atoms with E-state index in [0.29, 0.717) is 34.0 Å². The van der Waals surface area contributed by atoms with E-state index in [9.17, 15) is 4.39 Å². The number of methoxy groups -OCH3 is 1. The molecule has 3 aromatic rings. The first-order valence-corrected chi connectivity index (χ1v) is 6.79. The Labute approximate surface area is 126 Å². The highest BCUT2D eigenvalue weighted by atomic mass is 19.1. The van der Waals surface area contributed by atoms with Crippen LogP contribution in [0.4, 0.5) is 4.39 Å². The van der Waals surface area contributed by atoms with Crippen molar-refractivity contribution in [2.45, 2.75) is 0 Å². The van der Waals surface area contributed by atoms with Gasteiger partial charge in [0.2, 0.25) is 6.79 Å². The molecule has 0 aliphatic carbocycles. The number of pyridine rings is 1. The van der Waals surface area contributed by atoms with Crippen LogP contribution in [0.5, 0.6) is 17.2 Å². The van der Waals surface area contributed by atoms with Crippen molar-refractivity contribution in [2.24, 2.45) is 0 Å². The van der Waals surface area contributed by atoms with Crippen LogP contribution in [-0.4, -0.2) is 18.9 Å².